The van der Waals surface area contributed by atoms with E-state index in [0.717, 1.165) is 45.6 Å². The Bertz CT molecular complexity index is 493. The van der Waals surface area contributed by atoms with E-state index in [-0.39, 0.29) is 5.41 Å². The topological polar surface area (TPSA) is 23.6 Å². The van der Waals surface area contributed by atoms with Crippen molar-refractivity contribution in [1.29, 1.82) is 0 Å². The normalized spacial score (nSPS) is 16.6. The predicted molar refractivity (Wildman–Crippen MR) is 98.3 cm³/mol. The number of hydrogen-bond acceptors (Lipinski definition) is 3. The summed E-state index contributed by atoms with van der Waals surface area (Å²) in [5.74, 6) is 0.391. The second-order valence-corrected chi connectivity index (χ2v) is 7.62. The van der Waals surface area contributed by atoms with Gasteiger partial charge in [0.15, 0.2) is 0 Å². The first-order valence-electron chi connectivity index (χ1n) is 8.99. The summed E-state index contributed by atoms with van der Waals surface area (Å²) in [7, 11) is 0. The molecule has 0 atom stereocenters. The Hall–Kier alpha value is -1.35. The standard InChI is InChI=1S/C20H32N2O/c1-5-19(23)7-6-12-21-13-15-22(16-14-21)18-10-8-17(9-11-18)20(2,3)4/h8-11H,5-7,12-16H2,1-4H3. The van der Waals surface area contributed by atoms with Crippen molar-refractivity contribution < 1.29 is 4.79 Å². The third-order valence-corrected chi connectivity index (χ3v) is 4.80. The SMILES string of the molecule is CCC(=O)CCCN1CCN(c2ccc(C(C)(C)C)cc2)CC1. The molecule has 0 spiro atoms. The van der Waals surface area contributed by atoms with Crippen molar-refractivity contribution in [3.05, 3.63) is 29.8 Å². The summed E-state index contributed by atoms with van der Waals surface area (Å²) in [4.78, 5) is 16.3. The van der Waals surface area contributed by atoms with Gasteiger partial charge in [0.05, 0.1) is 0 Å². The number of carbonyl (C=O) groups excluding carboxylic acids is 1. The number of hydrogen-bond donors (Lipinski definition) is 0. The summed E-state index contributed by atoms with van der Waals surface area (Å²) in [5.41, 5.74) is 2.94. The Morgan fingerprint density at radius 2 is 1.65 bits per heavy atom. The molecule has 1 saturated heterocycles. The number of Topliss-reactive ketones (excluding diaryl/α,β-unsaturated/α-hetero) is 1. The van der Waals surface area contributed by atoms with Crippen LogP contribution in [0, 0.1) is 0 Å². The second kappa shape index (κ2) is 7.96. The lowest BCUT2D eigenvalue weighted by atomic mass is 9.87. The number of carbonyl (C=O) groups is 1. The summed E-state index contributed by atoms with van der Waals surface area (Å²) in [5, 5.41) is 0. The molecule has 0 saturated carbocycles. The van der Waals surface area contributed by atoms with Gasteiger partial charge in [-0.05, 0) is 36.1 Å². The molecule has 0 N–H and O–H groups in total. The highest BCUT2D eigenvalue weighted by molar-refractivity contribution is 5.77. The van der Waals surface area contributed by atoms with Crippen molar-refractivity contribution in [3.8, 4) is 0 Å². The van der Waals surface area contributed by atoms with Crippen LogP contribution in [0.1, 0.15) is 52.5 Å². The molecule has 1 aliphatic heterocycles. The van der Waals surface area contributed by atoms with Crippen LogP contribution in [0.2, 0.25) is 0 Å². The van der Waals surface area contributed by atoms with E-state index in [9.17, 15) is 4.79 Å². The van der Waals surface area contributed by atoms with Crippen LogP contribution < -0.4 is 4.90 Å². The Kier molecular flexibility index (Phi) is 6.23. The first-order chi connectivity index (χ1) is 10.9. The largest absolute Gasteiger partial charge is 0.369 e. The van der Waals surface area contributed by atoms with E-state index in [0.29, 0.717) is 12.2 Å². The van der Waals surface area contributed by atoms with E-state index in [4.69, 9.17) is 0 Å². The van der Waals surface area contributed by atoms with Gasteiger partial charge in [0, 0.05) is 44.7 Å². The monoisotopic (exact) mass is 316 g/mol. The van der Waals surface area contributed by atoms with Crippen molar-refractivity contribution in [2.75, 3.05) is 37.6 Å². The molecule has 3 nitrogen and oxygen atoms in total. The molecule has 0 unspecified atom stereocenters. The molecule has 1 heterocycles. The van der Waals surface area contributed by atoms with E-state index in [2.05, 4.69) is 54.8 Å². The molecule has 0 radical (unpaired) electrons. The zero-order chi connectivity index (χ0) is 16.9. The lowest BCUT2D eigenvalue weighted by Gasteiger charge is -2.36. The fraction of sp³-hybridized carbons (Fsp3) is 0.650. The van der Waals surface area contributed by atoms with E-state index in [1.165, 1.54) is 11.3 Å². The molecule has 2 rings (SSSR count). The lowest BCUT2D eigenvalue weighted by Crippen LogP contribution is -2.46. The van der Waals surface area contributed by atoms with Gasteiger partial charge in [-0.25, -0.2) is 0 Å². The fourth-order valence-corrected chi connectivity index (χ4v) is 3.08. The molecular formula is C20H32N2O. The summed E-state index contributed by atoms with van der Waals surface area (Å²) in [6.07, 6.45) is 2.43. The van der Waals surface area contributed by atoms with Gasteiger partial charge in [-0.15, -0.1) is 0 Å². The number of nitrogens with zero attached hydrogens (tertiary/aromatic N) is 2. The van der Waals surface area contributed by atoms with Crippen molar-refractivity contribution in [3.63, 3.8) is 0 Å². The van der Waals surface area contributed by atoms with Crippen LogP contribution in [0.25, 0.3) is 0 Å². The molecular weight excluding hydrogens is 284 g/mol. The van der Waals surface area contributed by atoms with Gasteiger partial charge in [-0.3, -0.25) is 9.69 Å². The molecule has 0 aromatic heterocycles. The Morgan fingerprint density at radius 1 is 1.04 bits per heavy atom. The highest BCUT2D eigenvalue weighted by atomic mass is 16.1. The first kappa shape index (κ1) is 18.0. The van der Waals surface area contributed by atoms with Crippen molar-refractivity contribution >= 4 is 11.5 Å². The third-order valence-electron chi connectivity index (χ3n) is 4.80. The highest BCUT2D eigenvalue weighted by Crippen LogP contribution is 2.25. The van der Waals surface area contributed by atoms with Crippen LogP contribution in [0.5, 0.6) is 0 Å². The Balaban J connectivity index is 1.79. The van der Waals surface area contributed by atoms with Crippen LogP contribution in [0.3, 0.4) is 0 Å². The number of benzene rings is 1. The van der Waals surface area contributed by atoms with Crippen molar-refractivity contribution in [2.45, 2.75) is 52.4 Å². The minimum absolute atomic E-state index is 0.215. The summed E-state index contributed by atoms with van der Waals surface area (Å²) in [6.45, 7) is 14.1. The molecule has 1 fully saturated rings. The van der Waals surface area contributed by atoms with Gasteiger partial charge in [-0.1, -0.05) is 39.8 Å². The van der Waals surface area contributed by atoms with E-state index in [1.807, 2.05) is 6.92 Å². The van der Waals surface area contributed by atoms with Crippen LogP contribution in [-0.2, 0) is 10.2 Å². The molecule has 23 heavy (non-hydrogen) atoms. The average molecular weight is 316 g/mol. The van der Waals surface area contributed by atoms with Gasteiger partial charge >= 0.3 is 0 Å². The van der Waals surface area contributed by atoms with Gasteiger partial charge in [0.2, 0.25) is 0 Å². The molecule has 128 valence electrons. The molecule has 0 aliphatic carbocycles. The molecule has 3 heteroatoms. The maximum absolute atomic E-state index is 11.4. The smallest absolute Gasteiger partial charge is 0.132 e. The van der Waals surface area contributed by atoms with Gasteiger partial charge in [0.1, 0.15) is 5.78 Å². The number of piperazine rings is 1. The Labute approximate surface area is 141 Å². The third kappa shape index (κ3) is 5.35. The van der Waals surface area contributed by atoms with Crippen molar-refractivity contribution in [1.82, 2.24) is 4.90 Å². The summed E-state index contributed by atoms with van der Waals surface area (Å²) < 4.78 is 0. The number of ketones is 1. The quantitative estimate of drug-likeness (QED) is 0.796. The molecule has 0 bridgehead atoms. The summed E-state index contributed by atoms with van der Waals surface area (Å²) >= 11 is 0. The molecule has 1 aromatic rings. The number of rotatable bonds is 6. The predicted octanol–water partition coefficient (Wildman–Crippen LogP) is 3.87. The van der Waals surface area contributed by atoms with Crippen LogP contribution in [-0.4, -0.2) is 43.4 Å². The highest BCUT2D eigenvalue weighted by Gasteiger charge is 2.18. The zero-order valence-corrected chi connectivity index (χ0v) is 15.3. The van der Waals surface area contributed by atoms with Crippen molar-refractivity contribution in [2.24, 2.45) is 0 Å². The average Bonchev–Trinajstić information content (AvgIpc) is 2.54. The van der Waals surface area contributed by atoms with E-state index >= 15 is 0 Å². The first-order valence-corrected chi connectivity index (χ1v) is 8.99. The van der Waals surface area contributed by atoms with Crippen LogP contribution >= 0.6 is 0 Å². The van der Waals surface area contributed by atoms with Gasteiger partial charge in [0.25, 0.3) is 0 Å². The maximum Gasteiger partial charge on any atom is 0.132 e. The van der Waals surface area contributed by atoms with Crippen LogP contribution in [0.4, 0.5) is 5.69 Å². The molecule has 0 amide bonds. The van der Waals surface area contributed by atoms with Crippen LogP contribution in [0.15, 0.2) is 24.3 Å². The molecule has 1 aliphatic rings. The zero-order valence-electron chi connectivity index (χ0n) is 15.3. The minimum atomic E-state index is 0.215. The molecule has 1 aromatic carbocycles. The van der Waals surface area contributed by atoms with E-state index in [1.54, 1.807) is 0 Å². The lowest BCUT2D eigenvalue weighted by molar-refractivity contribution is -0.118. The second-order valence-electron chi connectivity index (χ2n) is 7.62. The minimum Gasteiger partial charge on any atom is -0.369 e. The van der Waals surface area contributed by atoms with Gasteiger partial charge < -0.3 is 4.90 Å². The fourth-order valence-electron chi connectivity index (χ4n) is 3.08. The van der Waals surface area contributed by atoms with E-state index < -0.39 is 0 Å². The number of anilines is 1. The Morgan fingerprint density at radius 3 is 2.17 bits per heavy atom. The maximum atomic E-state index is 11.4. The summed E-state index contributed by atoms with van der Waals surface area (Å²) in [6, 6.07) is 9.04. The van der Waals surface area contributed by atoms with Gasteiger partial charge in [-0.2, -0.15) is 0 Å².